The predicted octanol–water partition coefficient (Wildman–Crippen LogP) is 0.925. The van der Waals surface area contributed by atoms with Gasteiger partial charge in [-0.2, -0.15) is 0 Å². The van der Waals surface area contributed by atoms with Gasteiger partial charge in [0.15, 0.2) is 0 Å². The van der Waals surface area contributed by atoms with Gasteiger partial charge in [-0.05, 0) is 32.1 Å². The molecule has 0 aromatic heterocycles. The number of hydrogen-bond acceptors (Lipinski definition) is 4. The maximum atomic E-state index is 12.2. The van der Waals surface area contributed by atoms with Gasteiger partial charge in [0, 0.05) is 31.8 Å². The Labute approximate surface area is 121 Å². The molecule has 1 amide bonds. The lowest BCUT2D eigenvalue weighted by molar-refractivity contribution is -0.132. The molecule has 0 spiro atoms. The van der Waals surface area contributed by atoms with E-state index in [-0.39, 0.29) is 12.0 Å². The third-order valence-electron chi connectivity index (χ3n) is 4.66. The molecule has 114 valence electrons. The lowest BCUT2D eigenvalue weighted by Gasteiger charge is -2.24. The molecule has 3 aliphatic rings. The van der Waals surface area contributed by atoms with Gasteiger partial charge in [0.2, 0.25) is 5.91 Å². The molecule has 5 heteroatoms. The van der Waals surface area contributed by atoms with Crippen LogP contribution in [0.3, 0.4) is 0 Å². The second kappa shape index (κ2) is 6.87. The van der Waals surface area contributed by atoms with E-state index in [0.717, 1.165) is 39.0 Å². The van der Waals surface area contributed by atoms with E-state index in [2.05, 4.69) is 5.32 Å². The van der Waals surface area contributed by atoms with Crippen molar-refractivity contribution in [3.05, 3.63) is 0 Å². The molecule has 3 rings (SSSR count). The zero-order chi connectivity index (χ0) is 13.8. The van der Waals surface area contributed by atoms with Crippen LogP contribution in [0.2, 0.25) is 0 Å². The standard InChI is InChI=1S/C15H26N2O3/c18-15(6-9-19-11-14-2-1-8-20-14)17-7-5-12-3-4-13(10-17)16-12/h12-14,16H,1-11H2. The van der Waals surface area contributed by atoms with Crippen LogP contribution in [-0.2, 0) is 14.3 Å². The summed E-state index contributed by atoms with van der Waals surface area (Å²) in [6.07, 6.45) is 6.57. The van der Waals surface area contributed by atoms with E-state index in [1.54, 1.807) is 0 Å². The number of likely N-dealkylation sites (tertiary alicyclic amines) is 1. The summed E-state index contributed by atoms with van der Waals surface area (Å²) in [6, 6.07) is 1.15. The van der Waals surface area contributed by atoms with Gasteiger partial charge in [-0.3, -0.25) is 4.79 Å². The summed E-state index contributed by atoms with van der Waals surface area (Å²) in [7, 11) is 0. The average Bonchev–Trinajstić information content (AvgIpc) is 3.04. The Morgan fingerprint density at radius 2 is 2.15 bits per heavy atom. The number of carbonyl (C=O) groups is 1. The molecule has 3 saturated heterocycles. The Balaban J connectivity index is 1.33. The topological polar surface area (TPSA) is 50.8 Å². The number of hydrogen-bond donors (Lipinski definition) is 1. The molecule has 0 aromatic carbocycles. The van der Waals surface area contributed by atoms with Gasteiger partial charge < -0.3 is 19.7 Å². The lowest BCUT2D eigenvalue weighted by Crippen LogP contribution is -2.39. The van der Waals surface area contributed by atoms with Crippen LogP contribution in [-0.4, -0.2) is 61.9 Å². The number of ether oxygens (including phenoxy) is 2. The first-order valence-corrected chi connectivity index (χ1v) is 8.04. The Kier molecular flexibility index (Phi) is 4.91. The number of rotatable bonds is 5. The van der Waals surface area contributed by atoms with Crippen LogP contribution in [0.4, 0.5) is 0 Å². The van der Waals surface area contributed by atoms with E-state index in [1.807, 2.05) is 4.90 Å². The minimum absolute atomic E-state index is 0.242. The van der Waals surface area contributed by atoms with Gasteiger partial charge in [0.05, 0.1) is 25.7 Å². The van der Waals surface area contributed by atoms with Gasteiger partial charge in [-0.1, -0.05) is 0 Å². The quantitative estimate of drug-likeness (QED) is 0.762. The highest BCUT2D eigenvalue weighted by atomic mass is 16.5. The van der Waals surface area contributed by atoms with E-state index in [0.29, 0.717) is 31.7 Å². The molecular weight excluding hydrogens is 256 g/mol. The molecule has 0 aliphatic carbocycles. The molecular formula is C15H26N2O3. The van der Waals surface area contributed by atoms with Crippen molar-refractivity contribution >= 4 is 5.91 Å². The van der Waals surface area contributed by atoms with Crippen LogP contribution in [0.15, 0.2) is 0 Å². The number of carbonyl (C=O) groups excluding carboxylic acids is 1. The van der Waals surface area contributed by atoms with Crippen molar-refractivity contribution in [1.82, 2.24) is 10.2 Å². The van der Waals surface area contributed by atoms with Crippen LogP contribution in [0, 0.1) is 0 Å². The molecule has 3 atom stereocenters. The summed E-state index contributed by atoms with van der Waals surface area (Å²) < 4.78 is 11.1. The van der Waals surface area contributed by atoms with E-state index in [1.165, 1.54) is 12.8 Å². The first-order chi connectivity index (χ1) is 9.81. The van der Waals surface area contributed by atoms with Crippen LogP contribution in [0.5, 0.6) is 0 Å². The van der Waals surface area contributed by atoms with Crippen molar-refractivity contribution in [2.24, 2.45) is 0 Å². The van der Waals surface area contributed by atoms with Crippen molar-refractivity contribution in [3.8, 4) is 0 Å². The first-order valence-electron chi connectivity index (χ1n) is 8.04. The summed E-state index contributed by atoms with van der Waals surface area (Å²) in [4.78, 5) is 14.2. The minimum atomic E-state index is 0.242. The summed E-state index contributed by atoms with van der Waals surface area (Å²) in [5.74, 6) is 0.242. The normalized spacial score (nSPS) is 33.4. The summed E-state index contributed by atoms with van der Waals surface area (Å²) >= 11 is 0. The van der Waals surface area contributed by atoms with Crippen molar-refractivity contribution in [2.75, 3.05) is 32.9 Å². The van der Waals surface area contributed by atoms with Gasteiger partial charge in [0.1, 0.15) is 0 Å². The highest BCUT2D eigenvalue weighted by Gasteiger charge is 2.30. The molecule has 0 aromatic rings. The molecule has 3 unspecified atom stereocenters. The largest absolute Gasteiger partial charge is 0.378 e. The lowest BCUT2D eigenvalue weighted by atomic mass is 10.1. The number of fused-ring (bicyclic) bond motifs is 2. The second-order valence-corrected chi connectivity index (χ2v) is 6.23. The molecule has 3 heterocycles. The molecule has 1 N–H and O–H groups in total. The minimum Gasteiger partial charge on any atom is -0.378 e. The van der Waals surface area contributed by atoms with E-state index >= 15 is 0 Å². The van der Waals surface area contributed by atoms with E-state index < -0.39 is 0 Å². The van der Waals surface area contributed by atoms with Gasteiger partial charge in [0.25, 0.3) is 0 Å². The Bertz CT molecular complexity index is 331. The fraction of sp³-hybridized carbons (Fsp3) is 0.933. The fourth-order valence-corrected chi connectivity index (χ4v) is 3.48. The van der Waals surface area contributed by atoms with Crippen molar-refractivity contribution in [3.63, 3.8) is 0 Å². The van der Waals surface area contributed by atoms with Crippen LogP contribution in [0.1, 0.15) is 38.5 Å². The second-order valence-electron chi connectivity index (χ2n) is 6.23. The van der Waals surface area contributed by atoms with Crippen molar-refractivity contribution < 1.29 is 14.3 Å². The third-order valence-corrected chi connectivity index (χ3v) is 4.66. The predicted molar refractivity (Wildman–Crippen MR) is 75.6 cm³/mol. The summed E-state index contributed by atoms with van der Waals surface area (Å²) in [6.45, 7) is 3.80. The Hall–Kier alpha value is -0.650. The van der Waals surface area contributed by atoms with Crippen LogP contribution >= 0.6 is 0 Å². The zero-order valence-corrected chi connectivity index (χ0v) is 12.2. The van der Waals surface area contributed by atoms with E-state index in [9.17, 15) is 4.79 Å². The average molecular weight is 282 g/mol. The number of amides is 1. The smallest absolute Gasteiger partial charge is 0.224 e. The van der Waals surface area contributed by atoms with Gasteiger partial charge in [-0.15, -0.1) is 0 Å². The number of nitrogens with zero attached hydrogens (tertiary/aromatic N) is 1. The molecule has 2 bridgehead atoms. The third kappa shape index (κ3) is 3.71. The first kappa shape index (κ1) is 14.3. The highest BCUT2D eigenvalue weighted by molar-refractivity contribution is 5.76. The van der Waals surface area contributed by atoms with E-state index in [4.69, 9.17) is 9.47 Å². The Morgan fingerprint density at radius 1 is 1.25 bits per heavy atom. The highest BCUT2D eigenvalue weighted by Crippen LogP contribution is 2.20. The molecule has 0 saturated carbocycles. The summed E-state index contributed by atoms with van der Waals surface area (Å²) in [5.41, 5.74) is 0. The summed E-state index contributed by atoms with van der Waals surface area (Å²) in [5, 5.41) is 3.60. The fourth-order valence-electron chi connectivity index (χ4n) is 3.48. The molecule has 3 fully saturated rings. The Morgan fingerprint density at radius 3 is 3.00 bits per heavy atom. The van der Waals surface area contributed by atoms with Crippen molar-refractivity contribution in [1.29, 1.82) is 0 Å². The van der Waals surface area contributed by atoms with Crippen LogP contribution in [0.25, 0.3) is 0 Å². The SMILES string of the molecule is O=C(CCOCC1CCCO1)N1CCC2CCC(C1)N2. The maximum absolute atomic E-state index is 12.2. The zero-order valence-electron chi connectivity index (χ0n) is 12.2. The number of nitrogens with one attached hydrogen (secondary N) is 1. The van der Waals surface area contributed by atoms with Crippen LogP contribution < -0.4 is 5.32 Å². The molecule has 3 aliphatic heterocycles. The maximum Gasteiger partial charge on any atom is 0.224 e. The van der Waals surface area contributed by atoms with Crippen molar-refractivity contribution in [2.45, 2.75) is 56.7 Å². The molecule has 0 radical (unpaired) electrons. The van der Waals surface area contributed by atoms with Gasteiger partial charge in [-0.25, -0.2) is 0 Å². The van der Waals surface area contributed by atoms with Gasteiger partial charge >= 0.3 is 0 Å². The molecule has 5 nitrogen and oxygen atoms in total. The monoisotopic (exact) mass is 282 g/mol. The molecule has 20 heavy (non-hydrogen) atoms.